The molecule has 0 aliphatic carbocycles. The second kappa shape index (κ2) is 4.41. The Bertz CT molecular complexity index is 529. The summed E-state index contributed by atoms with van der Waals surface area (Å²) < 4.78 is 5.43. The van der Waals surface area contributed by atoms with Crippen molar-refractivity contribution in [1.29, 1.82) is 0 Å². The molecule has 2 heterocycles. The number of aryl methyl sites for hydroxylation is 2. The third kappa shape index (κ3) is 2.15. The van der Waals surface area contributed by atoms with Crippen LogP contribution in [0.5, 0.6) is 0 Å². The molecule has 0 aromatic carbocycles. The Morgan fingerprint density at radius 2 is 2.18 bits per heavy atom. The van der Waals surface area contributed by atoms with Crippen LogP contribution in [0.1, 0.15) is 17.1 Å². The first-order valence-electron chi connectivity index (χ1n) is 5.24. The van der Waals surface area contributed by atoms with E-state index in [4.69, 9.17) is 4.42 Å². The van der Waals surface area contributed by atoms with E-state index in [1.165, 1.54) is 11.8 Å². The van der Waals surface area contributed by atoms with Gasteiger partial charge in [0.05, 0.1) is 4.91 Å². The first kappa shape index (κ1) is 12.0. The first-order chi connectivity index (χ1) is 8.02. The van der Waals surface area contributed by atoms with Crippen LogP contribution in [0.25, 0.3) is 6.08 Å². The zero-order valence-electron chi connectivity index (χ0n) is 10.3. The molecule has 5 heteroatoms. The second-order valence-electron chi connectivity index (χ2n) is 3.85. The van der Waals surface area contributed by atoms with Crippen LogP contribution in [-0.4, -0.2) is 30.1 Å². The van der Waals surface area contributed by atoms with Gasteiger partial charge in [-0.1, -0.05) is 0 Å². The molecule has 1 aliphatic rings. The summed E-state index contributed by atoms with van der Waals surface area (Å²) in [6.07, 6.45) is 1.85. The standard InChI is InChI=1S/C12H14N2O2S/c1-7-5-9(8(2)16-7)6-10-11(15)14(4)12(13-3)17-10/h5-6H,1-4H3/b10-6-,13-12?. The SMILES string of the molecule is CN=C1S/C(=C\c2cc(C)oc2C)C(=O)N1C. The molecular weight excluding hydrogens is 236 g/mol. The summed E-state index contributed by atoms with van der Waals surface area (Å²) in [4.78, 5) is 18.2. The summed E-state index contributed by atoms with van der Waals surface area (Å²) in [5.41, 5.74) is 0.948. The molecule has 1 fully saturated rings. The van der Waals surface area contributed by atoms with Gasteiger partial charge in [-0.3, -0.25) is 14.7 Å². The molecule has 1 amide bonds. The van der Waals surface area contributed by atoms with Gasteiger partial charge in [-0.25, -0.2) is 0 Å². The van der Waals surface area contributed by atoms with Gasteiger partial charge in [0.2, 0.25) is 0 Å². The Balaban J connectivity index is 2.36. The number of likely N-dealkylation sites (N-methyl/N-ethyl adjacent to an activating group) is 1. The van der Waals surface area contributed by atoms with Crippen LogP contribution in [-0.2, 0) is 4.79 Å². The summed E-state index contributed by atoms with van der Waals surface area (Å²) in [6, 6.07) is 1.93. The van der Waals surface area contributed by atoms with Crippen molar-refractivity contribution in [3.63, 3.8) is 0 Å². The van der Waals surface area contributed by atoms with E-state index in [-0.39, 0.29) is 5.91 Å². The molecule has 1 aliphatic heterocycles. The van der Waals surface area contributed by atoms with Crippen molar-refractivity contribution in [2.24, 2.45) is 4.99 Å². The van der Waals surface area contributed by atoms with Crippen molar-refractivity contribution in [3.05, 3.63) is 28.1 Å². The highest BCUT2D eigenvalue weighted by Crippen LogP contribution is 2.32. The molecule has 4 nitrogen and oxygen atoms in total. The largest absolute Gasteiger partial charge is 0.466 e. The number of hydrogen-bond acceptors (Lipinski definition) is 4. The number of amides is 1. The predicted octanol–water partition coefficient (Wildman–Crippen LogP) is 2.43. The van der Waals surface area contributed by atoms with E-state index in [2.05, 4.69) is 4.99 Å². The monoisotopic (exact) mass is 250 g/mol. The van der Waals surface area contributed by atoms with Crippen molar-refractivity contribution in [1.82, 2.24) is 4.90 Å². The maximum atomic E-state index is 11.9. The smallest absolute Gasteiger partial charge is 0.266 e. The van der Waals surface area contributed by atoms with Crippen LogP contribution in [0, 0.1) is 13.8 Å². The molecular formula is C12H14N2O2S. The fourth-order valence-electron chi connectivity index (χ4n) is 1.68. The molecule has 1 aromatic heterocycles. The molecule has 17 heavy (non-hydrogen) atoms. The van der Waals surface area contributed by atoms with Gasteiger partial charge in [0, 0.05) is 19.7 Å². The van der Waals surface area contributed by atoms with Gasteiger partial charge in [-0.2, -0.15) is 0 Å². The zero-order chi connectivity index (χ0) is 12.6. The van der Waals surface area contributed by atoms with Gasteiger partial charge in [-0.15, -0.1) is 0 Å². The van der Waals surface area contributed by atoms with Crippen LogP contribution in [0.15, 0.2) is 20.4 Å². The predicted molar refractivity (Wildman–Crippen MR) is 69.9 cm³/mol. The van der Waals surface area contributed by atoms with Gasteiger partial charge in [0.1, 0.15) is 11.5 Å². The molecule has 0 bridgehead atoms. The van der Waals surface area contributed by atoms with Gasteiger partial charge < -0.3 is 4.42 Å². The average molecular weight is 250 g/mol. The highest BCUT2D eigenvalue weighted by Gasteiger charge is 2.29. The number of nitrogens with zero attached hydrogens (tertiary/aromatic N) is 2. The minimum atomic E-state index is -0.0196. The highest BCUT2D eigenvalue weighted by molar-refractivity contribution is 8.18. The fraction of sp³-hybridized carbons (Fsp3) is 0.333. The normalized spacial score (nSPS) is 20.9. The van der Waals surface area contributed by atoms with Gasteiger partial charge in [-0.05, 0) is 37.8 Å². The van der Waals surface area contributed by atoms with Crippen molar-refractivity contribution < 1.29 is 9.21 Å². The summed E-state index contributed by atoms with van der Waals surface area (Å²) in [5, 5.41) is 0.721. The Labute approximate surface area is 104 Å². The molecule has 0 radical (unpaired) electrons. The Morgan fingerprint density at radius 3 is 2.65 bits per heavy atom. The van der Waals surface area contributed by atoms with Gasteiger partial charge in [0.25, 0.3) is 5.91 Å². The molecule has 0 N–H and O–H groups in total. The summed E-state index contributed by atoms with van der Waals surface area (Å²) in [6.45, 7) is 3.78. The quantitative estimate of drug-likeness (QED) is 0.719. The number of carbonyl (C=O) groups excluding carboxylic acids is 1. The van der Waals surface area contributed by atoms with Crippen LogP contribution < -0.4 is 0 Å². The number of amidine groups is 1. The van der Waals surface area contributed by atoms with Crippen molar-refractivity contribution in [2.45, 2.75) is 13.8 Å². The number of aliphatic imine (C=N–C) groups is 1. The fourth-order valence-corrected chi connectivity index (χ4v) is 2.60. The minimum absolute atomic E-state index is 0.0196. The van der Waals surface area contributed by atoms with Crippen molar-refractivity contribution >= 4 is 28.9 Å². The Hall–Kier alpha value is -1.49. The average Bonchev–Trinajstić information content (AvgIpc) is 2.73. The first-order valence-corrected chi connectivity index (χ1v) is 6.06. The molecule has 0 saturated carbocycles. The molecule has 1 saturated heterocycles. The number of rotatable bonds is 1. The lowest BCUT2D eigenvalue weighted by Gasteiger charge is -2.04. The third-order valence-corrected chi connectivity index (χ3v) is 3.71. The Morgan fingerprint density at radius 1 is 1.47 bits per heavy atom. The van der Waals surface area contributed by atoms with E-state index in [0.29, 0.717) is 4.91 Å². The van der Waals surface area contributed by atoms with Crippen LogP contribution in [0.3, 0.4) is 0 Å². The van der Waals surface area contributed by atoms with Crippen LogP contribution in [0.2, 0.25) is 0 Å². The molecule has 0 atom stereocenters. The third-order valence-electron chi connectivity index (χ3n) is 2.56. The van der Waals surface area contributed by atoms with Crippen LogP contribution >= 0.6 is 11.8 Å². The number of hydrogen-bond donors (Lipinski definition) is 0. The molecule has 1 aromatic rings. The zero-order valence-corrected chi connectivity index (χ0v) is 11.1. The van der Waals surface area contributed by atoms with Crippen molar-refractivity contribution in [2.75, 3.05) is 14.1 Å². The number of carbonyl (C=O) groups is 1. The molecule has 2 rings (SSSR count). The lowest BCUT2D eigenvalue weighted by molar-refractivity contribution is -0.121. The van der Waals surface area contributed by atoms with Gasteiger partial charge in [0.15, 0.2) is 5.17 Å². The van der Waals surface area contributed by atoms with E-state index in [0.717, 1.165) is 22.3 Å². The van der Waals surface area contributed by atoms with E-state index in [9.17, 15) is 4.79 Å². The number of furan rings is 1. The van der Waals surface area contributed by atoms with Gasteiger partial charge >= 0.3 is 0 Å². The van der Waals surface area contributed by atoms with E-state index >= 15 is 0 Å². The van der Waals surface area contributed by atoms with E-state index < -0.39 is 0 Å². The summed E-state index contributed by atoms with van der Waals surface area (Å²) in [5.74, 6) is 1.66. The van der Waals surface area contributed by atoms with E-state index in [1.807, 2.05) is 26.0 Å². The highest BCUT2D eigenvalue weighted by atomic mass is 32.2. The molecule has 0 unspecified atom stereocenters. The minimum Gasteiger partial charge on any atom is -0.466 e. The maximum absolute atomic E-state index is 11.9. The van der Waals surface area contributed by atoms with Crippen LogP contribution in [0.4, 0.5) is 0 Å². The Kier molecular flexibility index (Phi) is 3.11. The number of thioether (sulfide) groups is 1. The van der Waals surface area contributed by atoms with E-state index in [1.54, 1.807) is 19.0 Å². The molecule has 90 valence electrons. The lowest BCUT2D eigenvalue weighted by Crippen LogP contribution is -2.23. The lowest BCUT2D eigenvalue weighted by atomic mass is 10.2. The summed E-state index contributed by atoms with van der Waals surface area (Å²) >= 11 is 1.39. The van der Waals surface area contributed by atoms with Crippen molar-refractivity contribution in [3.8, 4) is 0 Å². The summed E-state index contributed by atoms with van der Waals surface area (Å²) in [7, 11) is 3.41. The molecule has 0 spiro atoms. The maximum Gasteiger partial charge on any atom is 0.266 e. The second-order valence-corrected chi connectivity index (χ2v) is 4.86. The topological polar surface area (TPSA) is 45.8 Å².